The number of hydrogen-bond donors (Lipinski definition) is 2. The van der Waals surface area contributed by atoms with E-state index in [9.17, 15) is 9.59 Å². The average Bonchev–Trinajstić information content (AvgIpc) is 2.38. The molecule has 0 bridgehead atoms. The Morgan fingerprint density at radius 1 is 1.43 bits per heavy atom. The molecule has 7 heteroatoms. The second kappa shape index (κ2) is 8.14. The van der Waals surface area contributed by atoms with E-state index < -0.39 is 5.97 Å². The van der Waals surface area contributed by atoms with Gasteiger partial charge in [0.05, 0.1) is 12.1 Å². The first kappa shape index (κ1) is 17.7. The zero-order chi connectivity index (χ0) is 16.0. The van der Waals surface area contributed by atoms with Gasteiger partial charge < -0.3 is 15.3 Å². The molecule has 0 unspecified atom stereocenters. The van der Waals surface area contributed by atoms with Crippen LogP contribution in [0, 0.1) is 0 Å². The minimum absolute atomic E-state index is 0.0902. The second-order valence-electron chi connectivity index (χ2n) is 4.80. The first-order valence-electron chi connectivity index (χ1n) is 6.49. The highest BCUT2D eigenvalue weighted by Crippen LogP contribution is 2.32. The maximum Gasteiger partial charge on any atom is 0.321 e. The van der Waals surface area contributed by atoms with E-state index in [1.54, 1.807) is 30.9 Å². The van der Waals surface area contributed by atoms with Crippen LogP contribution in [0.3, 0.4) is 0 Å². The number of hydrogen-bond acceptors (Lipinski definition) is 3. The molecule has 0 saturated carbocycles. The number of rotatable bonds is 6. The highest BCUT2D eigenvalue weighted by molar-refractivity contribution is 8.00. The van der Waals surface area contributed by atoms with Crippen LogP contribution in [0.2, 0.25) is 5.02 Å². The summed E-state index contributed by atoms with van der Waals surface area (Å²) in [6, 6.07) is 4.97. The molecule has 0 spiro atoms. The third-order valence-electron chi connectivity index (χ3n) is 2.55. The number of carboxylic acids is 1. The van der Waals surface area contributed by atoms with Crippen LogP contribution in [0.4, 0.5) is 10.5 Å². The summed E-state index contributed by atoms with van der Waals surface area (Å²) in [5, 5.41) is 12.3. The number of nitrogens with one attached hydrogen (secondary N) is 1. The molecule has 0 aromatic heterocycles. The fraction of sp³-hybridized carbons (Fsp3) is 0.429. The quantitative estimate of drug-likeness (QED) is 0.779. The number of carbonyl (C=O) groups is 2. The van der Waals surface area contributed by atoms with Gasteiger partial charge in [-0.3, -0.25) is 4.79 Å². The number of carbonyl (C=O) groups excluding carboxylic acids is 1. The summed E-state index contributed by atoms with van der Waals surface area (Å²) >= 11 is 7.59. The molecule has 1 rings (SSSR count). The molecule has 0 aliphatic heterocycles. The van der Waals surface area contributed by atoms with E-state index in [1.165, 1.54) is 4.90 Å². The maximum absolute atomic E-state index is 12.0. The summed E-state index contributed by atoms with van der Waals surface area (Å²) in [7, 11) is 1.55. The predicted molar refractivity (Wildman–Crippen MR) is 86.3 cm³/mol. The molecule has 21 heavy (non-hydrogen) atoms. The smallest absolute Gasteiger partial charge is 0.321 e. The number of aliphatic carboxylic acids is 1. The lowest BCUT2D eigenvalue weighted by Crippen LogP contribution is -2.33. The van der Waals surface area contributed by atoms with E-state index in [4.69, 9.17) is 16.7 Å². The topological polar surface area (TPSA) is 69.6 Å². The number of thioether (sulfide) groups is 1. The van der Waals surface area contributed by atoms with E-state index in [0.717, 1.165) is 4.90 Å². The molecule has 116 valence electrons. The first-order chi connectivity index (χ1) is 9.79. The molecule has 0 radical (unpaired) electrons. The molecule has 1 aromatic carbocycles. The van der Waals surface area contributed by atoms with Crippen molar-refractivity contribution in [3.63, 3.8) is 0 Å². The highest BCUT2D eigenvalue weighted by Gasteiger charge is 2.13. The Bertz CT molecular complexity index is 523. The number of benzene rings is 1. The lowest BCUT2D eigenvalue weighted by molar-refractivity contribution is -0.137. The molecular weight excluding hydrogens is 312 g/mol. The van der Waals surface area contributed by atoms with Crippen LogP contribution in [0.25, 0.3) is 0 Å². The minimum Gasteiger partial charge on any atom is -0.481 e. The normalized spacial score (nSPS) is 10.5. The lowest BCUT2D eigenvalue weighted by atomic mass is 10.3. The first-order valence-corrected chi connectivity index (χ1v) is 7.75. The van der Waals surface area contributed by atoms with Crippen LogP contribution >= 0.6 is 23.4 Å². The van der Waals surface area contributed by atoms with Crippen molar-refractivity contribution in [1.82, 2.24) is 4.90 Å². The van der Waals surface area contributed by atoms with Gasteiger partial charge in [-0.15, -0.1) is 11.8 Å². The molecule has 0 heterocycles. The minimum atomic E-state index is -0.937. The Balaban J connectivity index is 2.78. The lowest BCUT2D eigenvalue weighted by Gasteiger charge is -2.19. The summed E-state index contributed by atoms with van der Waals surface area (Å²) in [6.07, 6.45) is -0.0902. The molecule has 2 amide bonds. The SMILES string of the molecule is CC(C)Sc1ccc(Cl)cc1NC(=O)N(C)CCC(=O)O. The van der Waals surface area contributed by atoms with Crippen molar-refractivity contribution in [3.05, 3.63) is 23.2 Å². The van der Waals surface area contributed by atoms with Crippen molar-refractivity contribution in [2.75, 3.05) is 18.9 Å². The van der Waals surface area contributed by atoms with Crippen molar-refractivity contribution in [1.29, 1.82) is 0 Å². The van der Waals surface area contributed by atoms with Gasteiger partial charge in [0, 0.05) is 28.8 Å². The molecule has 5 nitrogen and oxygen atoms in total. The van der Waals surface area contributed by atoms with Crippen LogP contribution < -0.4 is 5.32 Å². The van der Waals surface area contributed by atoms with Crippen molar-refractivity contribution in [2.45, 2.75) is 30.4 Å². The summed E-state index contributed by atoms with van der Waals surface area (Å²) < 4.78 is 0. The van der Waals surface area contributed by atoms with E-state index in [0.29, 0.717) is 16.0 Å². The molecule has 0 atom stereocenters. The fourth-order valence-electron chi connectivity index (χ4n) is 1.53. The predicted octanol–water partition coefficient (Wildman–Crippen LogP) is 3.78. The number of amides is 2. The zero-order valence-corrected chi connectivity index (χ0v) is 13.8. The van der Waals surface area contributed by atoms with E-state index in [2.05, 4.69) is 19.2 Å². The third kappa shape index (κ3) is 6.27. The van der Waals surface area contributed by atoms with Gasteiger partial charge in [0.15, 0.2) is 0 Å². The van der Waals surface area contributed by atoms with E-state index >= 15 is 0 Å². The van der Waals surface area contributed by atoms with Gasteiger partial charge in [-0.1, -0.05) is 25.4 Å². The number of urea groups is 1. The van der Waals surface area contributed by atoms with Crippen molar-refractivity contribution < 1.29 is 14.7 Å². The maximum atomic E-state index is 12.0. The molecule has 0 aliphatic carbocycles. The Kier molecular flexibility index (Phi) is 6.84. The Morgan fingerprint density at radius 3 is 2.67 bits per heavy atom. The van der Waals surface area contributed by atoms with Crippen LogP contribution in [0.15, 0.2) is 23.1 Å². The Labute approximate surface area is 133 Å². The van der Waals surface area contributed by atoms with Crippen molar-refractivity contribution in [2.24, 2.45) is 0 Å². The average molecular weight is 331 g/mol. The summed E-state index contributed by atoms with van der Waals surface area (Å²) in [6.45, 7) is 4.27. The molecular formula is C14H19ClN2O3S. The van der Waals surface area contributed by atoms with E-state index in [-0.39, 0.29) is 19.0 Å². The van der Waals surface area contributed by atoms with Gasteiger partial charge in [-0.05, 0) is 18.2 Å². The Morgan fingerprint density at radius 2 is 2.10 bits per heavy atom. The van der Waals surface area contributed by atoms with Gasteiger partial charge in [0.25, 0.3) is 0 Å². The molecule has 2 N–H and O–H groups in total. The number of halogens is 1. The van der Waals surface area contributed by atoms with E-state index in [1.807, 2.05) is 6.07 Å². The van der Waals surface area contributed by atoms with Gasteiger partial charge in [-0.2, -0.15) is 0 Å². The second-order valence-corrected chi connectivity index (χ2v) is 6.86. The van der Waals surface area contributed by atoms with Crippen molar-refractivity contribution >= 4 is 41.1 Å². The van der Waals surface area contributed by atoms with Gasteiger partial charge in [-0.25, -0.2) is 4.79 Å². The molecule has 0 fully saturated rings. The fourth-order valence-corrected chi connectivity index (χ4v) is 2.60. The van der Waals surface area contributed by atoms with Crippen LogP contribution in [0.5, 0.6) is 0 Å². The zero-order valence-electron chi connectivity index (χ0n) is 12.2. The van der Waals surface area contributed by atoms with Crippen LogP contribution in [0.1, 0.15) is 20.3 Å². The molecule has 1 aromatic rings. The van der Waals surface area contributed by atoms with Crippen molar-refractivity contribution in [3.8, 4) is 0 Å². The summed E-state index contributed by atoms with van der Waals surface area (Å²) in [5.41, 5.74) is 0.633. The van der Waals surface area contributed by atoms with Crippen LogP contribution in [-0.4, -0.2) is 40.8 Å². The highest BCUT2D eigenvalue weighted by atomic mass is 35.5. The number of anilines is 1. The van der Waals surface area contributed by atoms with Gasteiger partial charge in [0.1, 0.15) is 0 Å². The standard InChI is InChI=1S/C14H19ClN2O3S/c1-9(2)21-12-5-4-10(15)8-11(12)16-14(20)17(3)7-6-13(18)19/h4-5,8-9H,6-7H2,1-3H3,(H,16,20)(H,18,19). The Hall–Kier alpha value is -1.40. The summed E-state index contributed by atoms with van der Waals surface area (Å²) in [4.78, 5) is 24.8. The van der Waals surface area contributed by atoms with Crippen LogP contribution in [-0.2, 0) is 4.79 Å². The monoisotopic (exact) mass is 330 g/mol. The molecule has 0 aliphatic rings. The summed E-state index contributed by atoms with van der Waals surface area (Å²) in [5.74, 6) is -0.937. The largest absolute Gasteiger partial charge is 0.481 e. The van der Waals surface area contributed by atoms with Gasteiger partial charge in [0.2, 0.25) is 0 Å². The number of carboxylic acid groups (broad SMARTS) is 1. The molecule has 0 saturated heterocycles. The third-order valence-corrected chi connectivity index (χ3v) is 3.87. The number of nitrogens with zero attached hydrogens (tertiary/aromatic N) is 1. The van der Waals surface area contributed by atoms with Gasteiger partial charge >= 0.3 is 12.0 Å².